The number of hydrogen-bond acceptors (Lipinski definition) is 4. The highest BCUT2D eigenvalue weighted by Crippen LogP contribution is 2.27. The fourth-order valence-electron chi connectivity index (χ4n) is 1.93. The van der Waals surface area contributed by atoms with Crippen LogP contribution in [-0.4, -0.2) is 23.8 Å². The average Bonchev–Trinajstić information content (AvgIpc) is 2.53. The fourth-order valence-corrected chi connectivity index (χ4v) is 3.19. The Bertz CT molecular complexity index is 704. The van der Waals surface area contributed by atoms with Crippen LogP contribution in [0.2, 0.25) is 0 Å². The third-order valence-corrected chi connectivity index (χ3v) is 4.71. The number of anilines is 2. The lowest BCUT2D eigenvalue weighted by Gasteiger charge is -2.10. The topological polar surface area (TPSA) is 58.2 Å². The summed E-state index contributed by atoms with van der Waals surface area (Å²) in [5, 5.41) is 5.65. The molecule has 2 aromatic carbocycles. The van der Waals surface area contributed by atoms with Crippen LogP contribution in [0.3, 0.4) is 0 Å². The van der Waals surface area contributed by atoms with Gasteiger partial charge in [0.15, 0.2) is 0 Å². The van der Waals surface area contributed by atoms with E-state index in [4.69, 9.17) is 0 Å². The molecule has 6 heteroatoms. The predicted octanol–water partition coefficient (Wildman–Crippen LogP) is 4.10. The van der Waals surface area contributed by atoms with Crippen LogP contribution in [0.5, 0.6) is 0 Å². The van der Waals surface area contributed by atoms with Gasteiger partial charge in [-0.3, -0.25) is 9.59 Å². The Hall–Kier alpha value is -1.92. The van der Waals surface area contributed by atoms with E-state index >= 15 is 0 Å². The summed E-state index contributed by atoms with van der Waals surface area (Å²) in [5.41, 5.74) is 1.51. The highest BCUT2D eigenvalue weighted by atomic mass is 32.2. The molecule has 23 heavy (non-hydrogen) atoms. The van der Waals surface area contributed by atoms with Crippen LogP contribution in [0, 0.1) is 0 Å². The number of benzene rings is 2. The summed E-state index contributed by atoms with van der Waals surface area (Å²) in [6, 6.07) is 15.2. The normalized spacial score (nSPS) is 10.2. The molecule has 0 saturated heterocycles. The summed E-state index contributed by atoms with van der Waals surface area (Å²) in [6.07, 6.45) is 2.00. The molecule has 2 rings (SSSR count). The van der Waals surface area contributed by atoms with Crippen molar-refractivity contribution >= 4 is 46.7 Å². The van der Waals surface area contributed by atoms with Gasteiger partial charge in [0.2, 0.25) is 11.8 Å². The van der Waals surface area contributed by atoms with Gasteiger partial charge in [-0.1, -0.05) is 18.2 Å². The van der Waals surface area contributed by atoms with E-state index in [0.717, 1.165) is 21.2 Å². The maximum Gasteiger partial charge on any atom is 0.234 e. The van der Waals surface area contributed by atoms with Crippen molar-refractivity contribution < 1.29 is 9.59 Å². The van der Waals surface area contributed by atoms with Gasteiger partial charge in [-0.25, -0.2) is 0 Å². The van der Waals surface area contributed by atoms with Crippen LogP contribution in [0.1, 0.15) is 6.92 Å². The zero-order valence-corrected chi connectivity index (χ0v) is 14.6. The van der Waals surface area contributed by atoms with Crippen molar-refractivity contribution in [2.75, 3.05) is 22.6 Å². The van der Waals surface area contributed by atoms with E-state index in [0.29, 0.717) is 0 Å². The van der Waals surface area contributed by atoms with Gasteiger partial charge in [0.05, 0.1) is 11.4 Å². The zero-order valence-electron chi connectivity index (χ0n) is 13.0. The quantitative estimate of drug-likeness (QED) is 0.773. The fraction of sp³-hybridized carbons (Fsp3) is 0.176. The van der Waals surface area contributed by atoms with E-state index in [1.807, 2.05) is 54.8 Å². The molecule has 0 atom stereocenters. The Morgan fingerprint density at radius 2 is 1.83 bits per heavy atom. The summed E-state index contributed by atoms with van der Waals surface area (Å²) in [7, 11) is 0. The van der Waals surface area contributed by atoms with Crippen molar-refractivity contribution in [3.05, 3.63) is 48.5 Å². The number of thioether (sulfide) groups is 2. The van der Waals surface area contributed by atoms with Crippen LogP contribution in [0.4, 0.5) is 11.4 Å². The minimum absolute atomic E-state index is 0.0779. The molecule has 0 spiro atoms. The third kappa shape index (κ3) is 5.65. The molecule has 0 aliphatic carbocycles. The molecule has 0 saturated carbocycles. The van der Waals surface area contributed by atoms with Crippen LogP contribution >= 0.6 is 23.5 Å². The molecule has 2 N–H and O–H groups in total. The lowest BCUT2D eigenvalue weighted by molar-refractivity contribution is -0.114. The molecular weight excluding hydrogens is 328 g/mol. The van der Waals surface area contributed by atoms with Crippen molar-refractivity contribution in [1.29, 1.82) is 0 Å². The van der Waals surface area contributed by atoms with Crippen molar-refractivity contribution in [3.63, 3.8) is 0 Å². The minimum atomic E-state index is -0.128. The first-order chi connectivity index (χ1) is 11.1. The number of amides is 2. The van der Waals surface area contributed by atoms with Gasteiger partial charge in [0.1, 0.15) is 0 Å². The number of carbonyl (C=O) groups is 2. The number of nitrogens with one attached hydrogen (secondary N) is 2. The first-order valence-electron chi connectivity index (χ1n) is 7.02. The number of rotatable bonds is 6. The van der Waals surface area contributed by atoms with Crippen LogP contribution in [0.25, 0.3) is 0 Å². The third-order valence-electron chi connectivity index (χ3n) is 2.91. The minimum Gasteiger partial charge on any atom is -0.325 e. The molecule has 0 radical (unpaired) electrons. The Balaban J connectivity index is 1.95. The standard InChI is InChI=1S/C17H18N2O2S2/c1-12(20)18-15-8-3-4-9-16(15)23-11-17(21)19-13-6-5-7-14(10-13)22-2/h3-10H,11H2,1-2H3,(H,18,20)(H,19,21). The van der Waals surface area contributed by atoms with Gasteiger partial charge in [-0.15, -0.1) is 23.5 Å². The van der Waals surface area contributed by atoms with Crippen LogP contribution in [0.15, 0.2) is 58.3 Å². The molecule has 120 valence electrons. The Labute approximate surface area is 144 Å². The highest BCUT2D eigenvalue weighted by molar-refractivity contribution is 8.00. The molecule has 0 fully saturated rings. The Morgan fingerprint density at radius 1 is 1.04 bits per heavy atom. The van der Waals surface area contributed by atoms with Gasteiger partial charge < -0.3 is 10.6 Å². The summed E-state index contributed by atoms with van der Waals surface area (Å²) in [4.78, 5) is 25.3. The molecule has 0 heterocycles. The zero-order chi connectivity index (χ0) is 16.7. The molecule has 2 amide bonds. The highest BCUT2D eigenvalue weighted by Gasteiger charge is 2.08. The number of carbonyl (C=O) groups excluding carboxylic acids is 2. The summed E-state index contributed by atoms with van der Waals surface area (Å²) in [6.45, 7) is 1.47. The molecule has 4 nitrogen and oxygen atoms in total. The van der Waals surface area contributed by atoms with Gasteiger partial charge >= 0.3 is 0 Å². The van der Waals surface area contributed by atoms with E-state index in [2.05, 4.69) is 10.6 Å². The van der Waals surface area contributed by atoms with E-state index < -0.39 is 0 Å². The van der Waals surface area contributed by atoms with Gasteiger partial charge in [0.25, 0.3) is 0 Å². The average molecular weight is 346 g/mol. The first-order valence-corrected chi connectivity index (χ1v) is 9.23. The summed E-state index contributed by atoms with van der Waals surface area (Å²) < 4.78 is 0. The van der Waals surface area contributed by atoms with Gasteiger partial charge in [0, 0.05) is 22.4 Å². The molecule has 0 unspecified atom stereocenters. The summed E-state index contributed by atoms with van der Waals surface area (Å²) in [5.74, 6) is 0.0716. The van der Waals surface area contributed by atoms with E-state index in [9.17, 15) is 9.59 Å². The smallest absolute Gasteiger partial charge is 0.234 e. The van der Waals surface area contributed by atoms with Crippen molar-refractivity contribution in [2.24, 2.45) is 0 Å². The monoisotopic (exact) mass is 346 g/mol. The van der Waals surface area contributed by atoms with Crippen LogP contribution in [-0.2, 0) is 9.59 Å². The van der Waals surface area contributed by atoms with Gasteiger partial charge in [-0.2, -0.15) is 0 Å². The molecule has 0 aromatic heterocycles. The molecule has 0 bridgehead atoms. The van der Waals surface area contributed by atoms with Crippen LogP contribution < -0.4 is 10.6 Å². The largest absolute Gasteiger partial charge is 0.325 e. The Kier molecular flexibility index (Phi) is 6.55. The molecule has 2 aromatic rings. The van der Waals surface area contributed by atoms with E-state index in [1.165, 1.54) is 18.7 Å². The number of para-hydroxylation sites is 1. The maximum absolute atomic E-state index is 12.1. The second-order valence-electron chi connectivity index (χ2n) is 4.75. The second kappa shape index (κ2) is 8.64. The molecular formula is C17H18N2O2S2. The van der Waals surface area contributed by atoms with Gasteiger partial charge in [-0.05, 0) is 36.6 Å². The maximum atomic E-state index is 12.1. The Morgan fingerprint density at radius 3 is 2.57 bits per heavy atom. The van der Waals surface area contributed by atoms with Crippen molar-refractivity contribution in [3.8, 4) is 0 Å². The van der Waals surface area contributed by atoms with Crippen molar-refractivity contribution in [2.45, 2.75) is 16.7 Å². The van der Waals surface area contributed by atoms with E-state index in [-0.39, 0.29) is 17.6 Å². The molecule has 0 aliphatic heterocycles. The van der Waals surface area contributed by atoms with Crippen molar-refractivity contribution in [1.82, 2.24) is 0 Å². The second-order valence-corrected chi connectivity index (χ2v) is 6.64. The lowest BCUT2D eigenvalue weighted by Crippen LogP contribution is -2.14. The SMILES string of the molecule is CSc1cccc(NC(=O)CSc2ccccc2NC(C)=O)c1. The number of hydrogen-bond donors (Lipinski definition) is 2. The van der Waals surface area contributed by atoms with E-state index in [1.54, 1.807) is 11.8 Å². The lowest BCUT2D eigenvalue weighted by atomic mass is 10.3. The summed E-state index contributed by atoms with van der Waals surface area (Å²) >= 11 is 3.03. The molecule has 0 aliphatic rings. The first kappa shape index (κ1) is 17.4. The predicted molar refractivity (Wildman–Crippen MR) is 98.3 cm³/mol.